The smallest absolute Gasteiger partial charge is 0.182 e. The summed E-state index contributed by atoms with van der Waals surface area (Å²) < 4.78 is 7.58. The molecule has 0 bridgehead atoms. The lowest BCUT2D eigenvalue weighted by molar-refractivity contribution is 0.0928. The van der Waals surface area contributed by atoms with E-state index in [1.807, 2.05) is 0 Å². The lowest BCUT2D eigenvalue weighted by atomic mass is 9.84. The number of Topliss-reactive ketones (excluding diaryl/α,β-unsaturated/α-hetero) is 1. The van der Waals surface area contributed by atoms with Crippen molar-refractivity contribution in [2.24, 2.45) is 11.8 Å². The number of carbonyl (C=O) groups excluding carboxylic acids is 1. The Kier molecular flexibility index (Phi) is 6.39. The van der Waals surface area contributed by atoms with Gasteiger partial charge in [0, 0.05) is 13.5 Å². The summed E-state index contributed by atoms with van der Waals surface area (Å²) in [6.07, 6.45) is 4.68. The molecular weight excluding hydrogens is 334 g/mol. The number of piperidine rings is 1. The Hall–Kier alpha value is -0.720. The number of carbonyl (C=O) groups is 1. The molecule has 1 aliphatic rings. The maximum atomic E-state index is 12.6. The summed E-state index contributed by atoms with van der Waals surface area (Å²) in [6, 6.07) is 0. The van der Waals surface area contributed by atoms with Crippen molar-refractivity contribution in [3.05, 3.63) is 16.4 Å². The Balaban J connectivity index is 2.00. The fourth-order valence-corrected chi connectivity index (χ4v) is 3.42. The summed E-state index contributed by atoms with van der Waals surface area (Å²) in [6.45, 7) is 5.46. The summed E-state index contributed by atoms with van der Waals surface area (Å²) in [5, 5.41) is 7.67. The van der Waals surface area contributed by atoms with Crippen LogP contribution in [-0.2, 0) is 11.3 Å². The number of nitrogens with one attached hydrogen (secondary N) is 1. The molecule has 0 spiro atoms. The third-order valence-corrected chi connectivity index (χ3v) is 4.79. The summed E-state index contributed by atoms with van der Waals surface area (Å²) >= 11 is 3.44. The molecule has 1 aliphatic heterocycles. The average molecular weight is 358 g/mol. The third-order valence-electron chi connectivity index (χ3n) is 4.21. The molecule has 0 radical (unpaired) electrons. The molecule has 21 heavy (non-hydrogen) atoms. The maximum absolute atomic E-state index is 12.6. The quantitative estimate of drug-likeness (QED) is 0.761. The van der Waals surface area contributed by atoms with Gasteiger partial charge >= 0.3 is 0 Å². The molecular formula is C15H24BrN3O2. The average Bonchev–Trinajstić information content (AvgIpc) is 2.87. The highest BCUT2D eigenvalue weighted by molar-refractivity contribution is 9.10. The van der Waals surface area contributed by atoms with E-state index >= 15 is 0 Å². The van der Waals surface area contributed by atoms with Crippen molar-refractivity contribution in [1.82, 2.24) is 15.1 Å². The number of ketones is 1. The van der Waals surface area contributed by atoms with E-state index in [0.717, 1.165) is 17.6 Å². The van der Waals surface area contributed by atoms with Crippen molar-refractivity contribution in [3.8, 4) is 0 Å². The van der Waals surface area contributed by atoms with E-state index in [1.165, 1.54) is 12.8 Å². The number of rotatable bonds is 7. The van der Waals surface area contributed by atoms with E-state index in [9.17, 15) is 4.79 Å². The standard InChI is InChI=1S/C15H24BrN3O2/c1-11(12-4-3-5-17-9-12)8-14(20)15-13(16)10-18-19(15)6-7-21-2/h10-12,17H,3-9H2,1-2H3. The second-order valence-electron chi connectivity index (χ2n) is 5.77. The van der Waals surface area contributed by atoms with Crippen LogP contribution in [0.3, 0.4) is 0 Å². The molecule has 0 amide bonds. The van der Waals surface area contributed by atoms with Crippen LogP contribution in [0.25, 0.3) is 0 Å². The first-order valence-electron chi connectivity index (χ1n) is 7.57. The van der Waals surface area contributed by atoms with E-state index in [-0.39, 0.29) is 5.78 Å². The summed E-state index contributed by atoms with van der Waals surface area (Å²) in [7, 11) is 1.65. The maximum Gasteiger partial charge on any atom is 0.182 e. The van der Waals surface area contributed by atoms with Crippen LogP contribution in [0.2, 0.25) is 0 Å². The van der Waals surface area contributed by atoms with E-state index in [2.05, 4.69) is 33.3 Å². The van der Waals surface area contributed by atoms with Crippen LogP contribution in [0.4, 0.5) is 0 Å². The topological polar surface area (TPSA) is 56.2 Å². The number of hydrogen-bond acceptors (Lipinski definition) is 4. The Morgan fingerprint density at radius 3 is 3.14 bits per heavy atom. The first-order valence-corrected chi connectivity index (χ1v) is 8.37. The minimum Gasteiger partial charge on any atom is -0.383 e. The second-order valence-corrected chi connectivity index (χ2v) is 6.62. The predicted molar refractivity (Wildman–Crippen MR) is 85.5 cm³/mol. The minimum atomic E-state index is 0.161. The lowest BCUT2D eigenvalue weighted by Gasteiger charge is -2.28. The number of methoxy groups -OCH3 is 1. The number of aromatic nitrogens is 2. The number of nitrogens with zero attached hydrogens (tertiary/aromatic N) is 2. The molecule has 2 atom stereocenters. The zero-order valence-electron chi connectivity index (χ0n) is 12.8. The minimum absolute atomic E-state index is 0.161. The predicted octanol–water partition coefficient (Wildman–Crippen LogP) is 2.50. The third kappa shape index (κ3) is 4.37. The highest BCUT2D eigenvalue weighted by Crippen LogP contribution is 2.26. The van der Waals surface area contributed by atoms with Crippen LogP contribution in [0, 0.1) is 11.8 Å². The Morgan fingerprint density at radius 2 is 2.48 bits per heavy atom. The molecule has 2 heterocycles. The fraction of sp³-hybridized carbons (Fsp3) is 0.733. The number of ether oxygens (including phenoxy) is 1. The fourth-order valence-electron chi connectivity index (χ4n) is 2.91. The summed E-state index contributed by atoms with van der Waals surface area (Å²) in [4.78, 5) is 12.6. The van der Waals surface area contributed by atoms with Crippen LogP contribution in [0.15, 0.2) is 10.7 Å². The molecule has 1 aromatic heterocycles. The molecule has 2 unspecified atom stereocenters. The van der Waals surface area contributed by atoms with Crippen LogP contribution >= 0.6 is 15.9 Å². The van der Waals surface area contributed by atoms with Crippen LogP contribution in [-0.4, -0.2) is 42.4 Å². The molecule has 1 aromatic rings. The van der Waals surface area contributed by atoms with Crippen LogP contribution < -0.4 is 5.32 Å². The van der Waals surface area contributed by atoms with Crippen molar-refractivity contribution in [2.45, 2.75) is 32.7 Å². The van der Waals surface area contributed by atoms with E-state index < -0.39 is 0 Å². The first-order chi connectivity index (χ1) is 10.1. The Labute approximate surface area is 134 Å². The van der Waals surface area contributed by atoms with E-state index in [0.29, 0.717) is 37.1 Å². The van der Waals surface area contributed by atoms with Crippen molar-refractivity contribution in [3.63, 3.8) is 0 Å². The summed E-state index contributed by atoms with van der Waals surface area (Å²) in [5.74, 6) is 1.15. The molecule has 0 aromatic carbocycles. The first kappa shape index (κ1) is 16.6. The molecule has 5 nitrogen and oxygen atoms in total. The molecule has 1 fully saturated rings. The second kappa shape index (κ2) is 8.06. The van der Waals surface area contributed by atoms with Gasteiger partial charge in [-0.25, -0.2) is 0 Å². The van der Waals surface area contributed by atoms with Crippen LogP contribution in [0.1, 0.15) is 36.7 Å². The Bertz CT molecular complexity index is 469. The van der Waals surface area contributed by atoms with Crippen molar-refractivity contribution in [2.75, 3.05) is 26.8 Å². The zero-order chi connectivity index (χ0) is 15.2. The van der Waals surface area contributed by atoms with Gasteiger partial charge in [0.15, 0.2) is 5.78 Å². The van der Waals surface area contributed by atoms with E-state index in [1.54, 1.807) is 18.0 Å². The molecule has 1 N–H and O–H groups in total. The van der Waals surface area contributed by atoms with Gasteiger partial charge in [0.1, 0.15) is 5.69 Å². The Morgan fingerprint density at radius 1 is 1.67 bits per heavy atom. The van der Waals surface area contributed by atoms with Gasteiger partial charge in [-0.15, -0.1) is 0 Å². The highest BCUT2D eigenvalue weighted by Gasteiger charge is 2.25. The van der Waals surface area contributed by atoms with Crippen molar-refractivity contribution in [1.29, 1.82) is 0 Å². The highest BCUT2D eigenvalue weighted by atomic mass is 79.9. The van der Waals surface area contributed by atoms with Crippen molar-refractivity contribution >= 4 is 21.7 Å². The van der Waals surface area contributed by atoms with Gasteiger partial charge in [0.05, 0.1) is 23.8 Å². The number of hydrogen-bond donors (Lipinski definition) is 1. The SMILES string of the molecule is COCCn1ncc(Br)c1C(=O)CC(C)C1CCCNC1. The molecule has 2 rings (SSSR count). The van der Waals surface area contributed by atoms with Gasteiger partial charge in [-0.05, 0) is 53.7 Å². The van der Waals surface area contributed by atoms with E-state index in [4.69, 9.17) is 4.74 Å². The van der Waals surface area contributed by atoms with Gasteiger partial charge in [0.2, 0.25) is 0 Å². The summed E-state index contributed by atoms with van der Waals surface area (Å²) in [5.41, 5.74) is 0.669. The largest absolute Gasteiger partial charge is 0.383 e. The van der Waals surface area contributed by atoms with Gasteiger partial charge in [-0.2, -0.15) is 5.10 Å². The molecule has 0 aliphatic carbocycles. The molecule has 1 saturated heterocycles. The normalized spacial score (nSPS) is 20.4. The van der Waals surface area contributed by atoms with Gasteiger partial charge in [-0.1, -0.05) is 6.92 Å². The van der Waals surface area contributed by atoms with Gasteiger partial charge in [0.25, 0.3) is 0 Å². The van der Waals surface area contributed by atoms with Crippen LogP contribution in [0.5, 0.6) is 0 Å². The van der Waals surface area contributed by atoms with Gasteiger partial charge < -0.3 is 10.1 Å². The molecule has 6 heteroatoms. The van der Waals surface area contributed by atoms with Crippen molar-refractivity contribution < 1.29 is 9.53 Å². The van der Waals surface area contributed by atoms with Gasteiger partial charge in [-0.3, -0.25) is 9.48 Å². The lowest BCUT2D eigenvalue weighted by Crippen LogP contribution is -2.34. The monoisotopic (exact) mass is 357 g/mol. The number of halogens is 1. The molecule has 0 saturated carbocycles. The zero-order valence-corrected chi connectivity index (χ0v) is 14.4. The molecule has 118 valence electrons.